The molecule has 0 aliphatic heterocycles. The van der Waals surface area contributed by atoms with Gasteiger partial charge in [0.1, 0.15) is 5.82 Å². The van der Waals surface area contributed by atoms with Gasteiger partial charge in [0.05, 0.1) is 11.1 Å². The minimum absolute atomic E-state index is 0.0329. The van der Waals surface area contributed by atoms with Gasteiger partial charge in [0.15, 0.2) is 5.58 Å². The largest absolute Gasteiger partial charge is 0.419 e. The SMILES string of the molecule is O=C(CCn1c(=O)oc2cc(Cl)ccc21)NCc1ccc(F)cc1C(F)(F)F. The summed E-state index contributed by atoms with van der Waals surface area (Å²) in [5.74, 6) is -2.27. The normalized spacial score (nSPS) is 11.8. The third-order valence-corrected chi connectivity index (χ3v) is 4.28. The Kier molecular flexibility index (Phi) is 5.46. The van der Waals surface area contributed by atoms with Gasteiger partial charge in [-0.15, -0.1) is 0 Å². The van der Waals surface area contributed by atoms with Crippen molar-refractivity contribution in [2.24, 2.45) is 0 Å². The quantitative estimate of drug-likeness (QED) is 0.637. The van der Waals surface area contributed by atoms with E-state index in [0.29, 0.717) is 16.6 Å². The Morgan fingerprint density at radius 1 is 1.18 bits per heavy atom. The third-order valence-electron chi connectivity index (χ3n) is 4.05. The van der Waals surface area contributed by atoms with E-state index >= 15 is 0 Å². The summed E-state index contributed by atoms with van der Waals surface area (Å²) in [4.78, 5) is 23.9. The van der Waals surface area contributed by atoms with Crippen molar-refractivity contribution in [2.45, 2.75) is 25.7 Å². The highest BCUT2D eigenvalue weighted by Gasteiger charge is 2.33. The molecule has 0 bridgehead atoms. The highest BCUT2D eigenvalue weighted by molar-refractivity contribution is 6.31. The van der Waals surface area contributed by atoms with E-state index in [9.17, 15) is 27.2 Å². The molecule has 0 fully saturated rings. The van der Waals surface area contributed by atoms with Crippen molar-refractivity contribution in [3.63, 3.8) is 0 Å². The van der Waals surface area contributed by atoms with Gasteiger partial charge in [-0.1, -0.05) is 17.7 Å². The second kappa shape index (κ2) is 7.67. The number of carbonyl (C=O) groups is 1. The molecule has 10 heteroatoms. The van der Waals surface area contributed by atoms with Crippen LogP contribution in [-0.4, -0.2) is 10.5 Å². The first kappa shape index (κ1) is 19.9. The second-order valence-corrected chi connectivity index (χ2v) is 6.39. The standard InChI is InChI=1S/C18H13ClF4N2O3/c19-11-2-4-14-15(7-11)28-17(27)25(14)6-5-16(26)24-9-10-1-3-12(20)8-13(10)18(21,22)23/h1-4,7-8H,5-6,9H2,(H,24,26). The molecule has 0 radical (unpaired) electrons. The summed E-state index contributed by atoms with van der Waals surface area (Å²) in [5.41, 5.74) is -0.705. The summed E-state index contributed by atoms with van der Waals surface area (Å²) >= 11 is 5.82. The highest BCUT2D eigenvalue weighted by Crippen LogP contribution is 2.32. The Morgan fingerprint density at radius 2 is 1.93 bits per heavy atom. The van der Waals surface area contributed by atoms with Gasteiger partial charge in [-0.2, -0.15) is 13.2 Å². The van der Waals surface area contributed by atoms with E-state index < -0.39 is 35.8 Å². The number of nitrogens with zero attached hydrogens (tertiary/aromatic N) is 1. The van der Waals surface area contributed by atoms with Crippen LogP contribution >= 0.6 is 11.6 Å². The van der Waals surface area contributed by atoms with Gasteiger partial charge in [0.25, 0.3) is 0 Å². The Hall–Kier alpha value is -2.81. The van der Waals surface area contributed by atoms with Gasteiger partial charge in [0, 0.05) is 30.6 Å². The number of alkyl halides is 3. The van der Waals surface area contributed by atoms with Gasteiger partial charge >= 0.3 is 11.9 Å². The van der Waals surface area contributed by atoms with Crippen LogP contribution in [0.2, 0.25) is 5.02 Å². The first-order valence-corrected chi connectivity index (χ1v) is 8.44. The Balaban J connectivity index is 1.67. The van der Waals surface area contributed by atoms with Crippen molar-refractivity contribution in [2.75, 3.05) is 0 Å². The Bertz CT molecular complexity index is 1090. The van der Waals surface area contributed by atoms with Gasteiger partial charge in [-0.05, 0) is 29.8 Å². The van der Waals surface area contributed by atoms with E-state index in [0.717, 1.165) is 12.1 Å². The number of fused-ring (bicyclic) bond motifs is 1. The smallest absolute Gasteiger partial charge is 0.408 e. The van der Waals surface area contributed by atoms with Crippen LogP contribution < -0.4 is 11.1 Å². The Morgan fingerprint density at radius 3 is 2.64 bits per heavy atom. The molecule has 0 atom stereocenters. The average Bonchev–Trinajstić information content (AvgIpc) is 2.92. The summed E-state index contributed by atoms with van der Waals surface area (Å²) in [6.07, 6.45) is -4.91. The molecule has 2 aromatic carbocycles. The molecule has 1 N–H and O–H groups in total. The lowest BCUT2D eigenvalue weighted by Crippen LogP contribution is -2.27. The zero-order valence-corrected chi connectivity index (χ0v) is 14.9. The highest BCUT2D eigenvalue weighted by atomic mass is 35.5. The molecule has 28 heavy (non-hydrogen) atoms. The number of amides is 1. The molecule has 0 saturated heterocycles. The lowest BCUT2D eigenvalue weighted by atomic mass is 10.1. The molecule has 3 aromatic rings. The van der Waals surface area contributed by atoms with Gasteiger partial charge in [-0.3, -0.25) is 9.36 Å². The minimum Gasteiger partial charge on any atom is -0.408 e. The van der Waals surface area contributed by atoms with Crippen LogP contribution in [0.25, 0.3) is 11.1 Å². The summed E-state index contributed by atoms with van der Waals surface area (Å²) < 4.78 is 58.3. The fraction of sp³-hybridized carbons (Fsp3) is 0.222. The van der Waals surface area contributed by atoms with E-state index in [-0.39, 0.29) is 24.1 Å². The predicted octanol–water partition coefficient (Wildman–Crippen LogP) is 4.11. The lowest BCUT2D eigenvalue weighted by molar-refractivity contribution is -0.138. The zero-order chi connectivity index (χ0) is 20.5. The number of nitrogens with one attached hydrogen (secondary N) is 1. The Labute approximate surface area is 160 Å². The van der Waals surface area contributed by atoms with Crippen LogP contribution in [0.1, 0.15) is 17.5 Å². The fourth-order valence-corrected chi connectivity index (χ4v) is 2.88. The molecule has 0 saturated carbocycles. The molecule has 0 aliphatic carbocycles. The lowest BCUT2D eigenvalue weighted by Gasteiger charge is -2.13. The van der Waals surface area contributed by atoms with Crippen molar-refractivity contribution in [1.29, 1.82) is 0 Å². The number of aryl methyl sites for hydroxylation is 1. The monoisotopic (exact) mass is 416 g/mol. The maximum absolute atomic E-state index is 13.1. The molecule has 1 amide bonds. The molecule has 0 spiro atoms. The first-order chi connectivity index (χ1) is 13.1. The summed E-state index contributed by atoms with van der Waals surface area (Å²) in [6.45, 7) is -0.459. The maximum atomic E-state index is 13.1. The van der Waals surface area contributed by atoms with Crippen LogP contribution in [0.3, 0.4) is 0 Å². The molecule has 148 valence electrons. The van der Waals surface area contributed by atoms with E-state index in [1.807, 2.05) is 0 Å². The molecule has 1 aromatic heterocycles. The molecule has 0 aliphatic rings. The number of hydrogen-bond acceptors (Lipinski definition) is 3. The second-order valence-electron chi connectivity index (χ2n) is 5.96. The van der Waals surface area contributed by atoms with Crippen molar-refractivity contribution in [3.8, 4) is 0 Å². The van der Waals surface area contributed by atoms with Crippen LogP contribution in [-0.2, 0) is 24.1 Å². The summed E-state index contributed by atoms with van der Waals surface area (Å²) in [6, 6.07) is 6.82. The van der Waals surface area contributed by atoms with Crippen LogP contribution in [0.4, 0.5) is 17.6 Å². The molecular formula is C18H13ClF4N2O3. The van der Waals surface area contributed by atoms with Crippen molar-refractivity contribution in [3.05, 3.63) is 68.9 Å². The van der Waals surface area contributed by atoms with Crippen molar-refractivity contribution in [1.82, 2.24) is 9.88 Å². The minimum atomic E-state index is -4.74. The van der Waals surface area contributed by atoms with Crippen LogP contribution in [0, 0.1) is 5.82 Å². The van der Waals surface area contributed by atoms with E-state index in [2.05, 4.69) is 5.32 Å². The number of halogens is 5. The number of rotatable bonds is 5. The van der Waals surface area contributed by atoms with Crippen molar-refractivity contribution >= 4 is 28.6 Å². The van der Waals surface area contributed by atoms with Crippen LogP contribution in [0.15, 0.2) is 45.6 Å². The summed E-state index contributed by atoms with van der Waals surface area (Å²) in [7, 11) is 0. The van der Waals surface area contributed by atoms with Gasteiger partial charge in [-0.25, -0.2) is 9.18 Å². The van der Waals surface area contributed by atoms with E-state index in [1.54, 1.807) is 12.1 Å². The average molecular weight is 417 g/mol. The van der Waals surface area contributed by atoms with E-state index in [1.165, 1.54) is 10.6 Å². The number of benzene rings is 2. The van der Waals surface area contributed by atoms with Gasteiger partial charge in [0.2, 0.25) is 5.91 Å². The number of aromatic nitrogens is 1. The first-order valence-electron chi connectivity index (χ1n) is 8.06. The van der Waals surface area contributed by atoms with Gasteiger partial charge < -0.3 is 9.73 Å². The molecular weight excluding hydrogens is 404 g/mol. The fourth-order valence-electron chi connectivity index (χ4n) is 2.71. The molecule has 3 rings (SSSR count). The zero-order valence-electron chi connectivity index (χ0n) is 14.1. The molecule has 5 nitrogen and oxygen atoms in total. The van der Waals surface area contributed by atoms with Crippen molar-refractivity contribution < 1.29 is 26.8 Å². The molecule has 1 heterocycles. The number of carbonyl (C=O) groups excluding carboxylic acids is 1. The van der Waals surface area contributed by atoms with E-state index in [4.69, 9.17) is 16.0 Å². The third kappa shape index (κ3) is 4.36. The van der Waals surface area contributed by atoms with Crippen LogP contribution in [0.5, 0.6) is 0 Å². The topological polar surface area (TPSA) is 64.2 Å². The number of hydrogen-bond donors (Lipinski definition) is 1. The maximum Gasteiger partial charge on any atom is 0.419 e. The summed E-state index contributed by atoms with van der Waals surface area (Å²) in [5, 5.41) is 2.72. The molecule has 0 unspecified atom stereocenters. The number of oxazole rings is 1. The predicted molar refractivity (Wildman–Crippen MR) is 93.3 cm³/mol.